The molecule has 1 unspecified atom stereocenters. The van der Waals surface area contributed by atoms with Crippen molar-refractivity contribution < 1.29 is 0 Å². The fourth-order valence-corrected chi connectivity index (χ4v) is 1.98. The van der Waals surface area contributed by atoms with Crippen LogP contribution >= 0.6 is 0 Å². The second-order valence-electron chi connectivity index (χ2n) is 5.25. The molecule has 15 heavy (non-hydrogen) atoms. The van der Waals surface area contributed by atoms with Gasteiger partial charge < -0.3 is 4.90 Å². The fraction of sp³-hybridized carbons (Fsp3) is 1.00. The predicted molar refractivity (Wildman–Crippen MR) is 70.3 cm³/mol. The van der Waals surface area contributed by atoms with Crippen LogP contribution in [-0.2, 0) is 0 Å². The van der Waals surface area contributed by atoms with Gasteiger partial charge in [-0.2, -0.15) is 0 Å². The van der Waals surface area contributed by atoms with Crippen molar-refractivity contribution in [3.8, 4) is 0 Å². The highest BCUT2D eigenvalue weighted by Gasteiger charge is 2.01. The summed E-state index contributed by atoms with van der Waals surface area (Å²) in [5.74, 6) is 0.948. The Morgan fingerprint density at radius 2 is 1.47 bits per heavy atom. The molecule has 0 rings (SSSR count). The molecule has 0 saturated heterocycles. The molecule has 0 saturated carbocycles. The van der Waals surface area contributed by atoms with Crippen LogP contribution in [0.15, 0.2) is 0 Å². The average molecular weight is 213 g/mol. The number of hydrogen-bond acceptors (Lipinski definition) is 1. The van der Waals surface area contributed by atoms with E-state index in [-0.39, 0.29) is 0 Å². The molecule has 1 heteroatoms. The van der Waals surface area contributed by atoms with Crippen LogP contribution < -0.4 is 0 Å². The SMILES string of the molecule is CCCCCCC(C)CCCCN(C)C. The van der Waals surface area contributed by atoms with E-state index in [1.54, 1.807) is 0 Å². The molecule has 0 amide bonds. The van der Waals surface area contributed by atoms with Crippen LogP contribution in [0.3, 0.4) is 0 Å². The summed E-state index contributed by atoms with van der Waals surface area (Å²) in [6.45, 7) is 5.95. The normalized spacial score (nSPS) is 13.4. The Balaban J connectivity index is 3.15. The highest BCUT2D eigenvalue weighted by molar-refractivity contribution is 4.55. The van der Waals surface area contributed by atoms with Gasteiger partial charge in [0.15, 0.2) is 0 Å². The third kappa shape index (κ3) is 11.9. The zero-order chi connectivity index (χ0) is 11.5. The molecular formula is C14H31N. The zero-order valence-electron chi connectivity index (χ0n) is 11.4. The van der Waals surface area contributed by atoms with Gasteiger partial charge in [-0.3, -0.25) is 0 Å². The Hall–Kier alpha value is -0.0400. The van der Waals surface area contributed by atoms with E-state index in [0.717, 1.165) is 5.92 Å². The lowest BCUT2D eigenvalue weighted by Crippen LogP contribution is -2.12. The maximum absolute atomic E-state index is 2.42. The molecule has 0 aromatic heterocycles. The Labute approximate surface area is 97.2 Å². The van der Waals surface area contributed by atoms with Crippen molar-refractivity contribution in [3.63, 3.8) is 0 Å². The van der Waals surface area contributed by atoms with Gasteiger partial charge in [0.1, 0.15) is 0 Å². The molecule has 1 nitrogen and oxygen atoms in total. The third-order valence-electron chi connectivity index (χ3n) is 3.10. The van der Waals surface area contributed by atoms with Crippen molar-refractivity contribution in [2.45, 2.75) is 65.2 Å². The molecule has 0 bridgehead atoms. The summed E-state index contributed by atoms with van der Waals surface area (Å²) in [4.78, 5) is 2.28. The lowest BCUT2D eigenvalue weighted by molar-refractivity contribution is 0.372. The number of hydrogen-bond donors (Lipinski definition) is 0. The molecule has 0 aromatic rings. The molecule has 0 aliphatic rings. The van der Waals surface area contributed by atoms with Gasteiger partial charge in [0.05, 0.1) is 0 Å². The summed E-state index contributed by atoms with van der Waals surface area (Å²) in [5.41, 5.74) is 0. The Morgan fingerprint density at radius 1 is 0.867 bits per heavy atom. The van der Waals surface area contributed by atoms with Gasteiger partial charge in [0, 0.05) is 0 Å². The van der Waals surface area contributed by atoms with E-state index in [1.165, 1.54) is 57.9 Å². The summed E-state index contributed by atoms with van der Waals surface area (Å²) in [6, 6.07) is 0. The first kappa shape index (κ1) is 15.0. The minimum absolute atomic E-state index is 0.948. The first-order valence-corrected chi connectivity index (χ1v) is 6.81. The van der Waals surface area contributed by atoms with Crippen LogP contribution in [0.4, 0.5) is 0 Å². The van der Waals surface area contributed by atoms with Crippen molar-refractivity contribution in [2.24, 2.45) is 5.92 Å². The van der Waals surface area contributed by atoms with Crippen molar-refractivity contribution in [1.82, 2.24) is 4.90 Å². The Kier molecular flexibility index (Phi) is 10.4. The summed E-state index contributed by atoms with van der Waals surface area (Å²) in [7, 11) is 4.32. The summed E-state index contributed by atoms with van der Waals surface area (Å²) in [5, 5.41) is 0. The lowest BCUT2D eigenvalue weighted by Gasteiger charge is -2.12. The van der Waals surface area contributed by atoms with Crippen molar-refractivity contribution in [2.75, 3.05) is 20.6 Å². The predicted octanol–water partition coefficient (Wildman–Crippen LogP) is 4.32. The maximum atomic E-state index is 2.42. The minimum atomic E-state index is 0.948. The van der Waals surface area contributed by atoms with Gasteiger partial charge in [-0.25, -0.2) is 0 Å². The molecular weight excluding hydrogens is 182 g/mol. The summed E-state index contributed by atoms with van der Waals surface area (Å²) >= 11 is 0. The second-order valence-corrected chi connectivity index (χ2v) is 5.25. The van der Waals surface area contributed by atoms with E-state index in [4.69, 9.17) is 0 Å². The lowest BCUT2D eigenvalue weighted by atomic mass is 9.97. The van der Waals surface area contributed by atoms with E-state index in [0.29, 0.717) is 0 Å². The van der Waals surface area contributed by atoms with Crippen LogP contribution in [0.5, 0.6) is 0 Å². The highest BCUT2D eigenvalue weighted by atomic mass is 15.0. The molecule has 0 aromatic carbocycles. The van der Waals surface area contributed by atoms with Crippen LogP contribution in [0, 0.1) is 5.92 Å². The molecule has 0 heterocycles. The minimum Gasteiger partial charge on any atom is -0.309 e. The standard InChI is InChI=1S/C14H31N/c1-5-6-7-8-11-14(2)12-9-10-13-15(3)4/h14H,5-13H2,1-4H3. The van der Waals surface area contributed by atoms with E-state index >= 15 is 0 Å². The monoisotopic (exact) mass is 213 g/mol. The highest BCUT2D eigenvalue weighted by Crippen LogP contribution is 2.16. The van der Waals surface area contributed by atoms with Crippen molar-refractivity contribution >= 4 is 0 Å². The fourth-order valence-electron chi connectivity index (χ4n) is 1.98. The number of unbranched alkanes of at least 4 members (excludes halogenated alkanes) is 4. The van der Waals surface area contributed by atoms with Gasteiger partial charge in [0.2, 0.25) is 0 Å². The van der Waals surface area contributed by atoms with Crippen LogP contribution in [0.2, 0.25) is 0 Å². The molecule has 0 aliphatic heterocycles. The van der Waals surface area contributed by atoms with Crippen molar-refractivity contribution in [3.05, 3.63) is 0 Å². The molecule has 92 valence electrons. The Bertz CT molecular complexity index is 121. The maximum Gasteiger partial charge on any atom is -0.00248 e. The van der Waals surface area contributed by atoms with E-state index in [9.17, 15) is 0 Å². The summed E-state index contributed by atoms with van der Waals surface area (Å²) < 4.78 is 0. The van der Waals surface area contributed by atoms with Gasteiger partial charge in [-0.1, -0.05) is 58.8 Å². The Morgan fingerprint density at radius 3 is 2.00 bits per heavy atom. The topological polar surface area (TPSA) is 3.24 Å². The molecule has 1 atom stereocenters. The zero-order valence-corrected chi connectivity index (χ0v) is 11.4. The molecule has 0 spiro atoms. The third-order valence-corrected chi connectivity index (χ3v) is 3.10. The molecule has 0 fully saturated rings. The van der Waals surface area contributed by atoms with Crippen LogP contribution in [0.25, 0.3) is 0 Å². The first-order valence-electron chi connectivity index (χ1n) is 6.81. The smallest absolute Gasteiger partial charge is 0.00248 e. The quantitative estimate of drug-likeness (QED) is 0.488. The van der Waals surface area contributed by atoms with Gasteiger partial charge in [-0.15, -0.1) is 0 Å². The second kappa shape index (κ2) is 10.5. The van der Waals surface area contributed by atoms with Crippen LogP contribution in [0.1, 0.15) is 65.2 Å². The first-order chi connectivity index (χ1) is 7.16. The molecule has 0 radical (unpaired) electrons. The van der Waals surface area contributed by atoms with Gasteiger partial charge in [-0.05, 0) is 33.0 Å². The molecule has 0 aliphatic carbocycles. The van der Waals surface area contributed by atoms with Crippen LogP contribution in [-0.4, -0.2) is 25.5 Å². The largest absolute Gasteiger partial charge is 0.309 e. The van der Waals surface area contributed by atoms with E-state index in [2.05, 4.69) is 32.8 Å². The average Bonchev–Trinajstić information content (AvgIpc) is 2.19. The number of nitrogens with zero attached hydrogens (tertiary/aromatic N) is 1. The van der Waals surface area contributed by atoms with E-state index < -0.39 is 0 Å². The summed E-state index contributed by atoms with van der Waals surface area (Å²) in [6.07, 6.45) is 11.3. The van der Waals surface area contributed by atoms with Gasteiger partial charge in [0.25, 0.3) is 0 Å². The van der Waals surface area contributed by atoms with Gasteiger partial charge >= 0.3 is 0 Å². The number of rotatable bonds is 10. The van der Waals surface area contributed by atoms with E-state index in [1.807, 2.05) is 0 Å². The molecule has 0 N–H and O–H groups in total. The van der Waals surface area contributed by atoms with Crippen molar-refractivity contribution in [1.29, 1.82) is 0 Å².